The van der Waals surface area contributed by atoms with Crippen molar-refractivity contribution >= 4 is 22.8 Å². The van der Waals surface area contributed by atoms with Crippen LogP contribution >= 0.6 is 11.8 Å². The summed E-state index contributed by atoms with van der Waals surface area (Å²) in [7, 11) is 0. The molecule has 2 heterocycles. The van der Waals surface area contributed by atoms with Crippen LogP contribution in [0, 0.1) is 12.7 Å². The summed E-state index contributed by atoms with van der Waals surface area (Å²) >= 11 is 1.42. The molecular formula is C18H18FN3OS. The second kappa shape index (κ2) is 6.36. The van der Waals surface area contributed by atoms with Crippen LogP contribution in [0.2, 0.25) is 0 Å². The van der Waals surface area contributed by atoms with Gasteiger partial charge in [0, 0.05) is 23.1 Å². The van der Waals surface area contributed by atoms with Gasteiger partial charge in [-0.3, -0.25) is 9.36 Å². The Bertz CT molecular complexity index is 982. The maximum atomic E-state index is 13.5. The van der Waals surface area contributed by atoms with E-state index in [1.807, 2.05) is 27.0 Å². The van der Waals surface area contributed by atoms with Crippen LogP contribution in [0.5, 0.6) is 0 Å². The second-order valence-electron chi connectivity index (χ2n) is 5.89. The predicted molar refractivity (Wildman–Crippen MR) is 96.1 cm³/mol. The number of aromatic nitrogens is 3. The van der Waals surface area contributed by atoms with E-state index >= 15 is 0 Å². The second-order valence-corrected chi connectivity index (χ2v) is 6.66. The molecule has 0 atom stereocenters. The number of thioether (sulfide) groups is 1. The number of halogens is 1. The maximum absolute atomic E-state index is 13.5. The number of rotatable bonds is 3. The minimum Gasteiger partial charge on any atom is -0.290 e. The van der Waals surface area contributed by atoms with E-state index in [2.05, 4.69) is 9.97 Å². The highest BCUT2D eigenvalue weighted by atomic mass is 32.2. The molecule has 4 nitrogen and oxygen atoms in total. The molecule has 0 bridgehead atoms. The Morgan fingerprint density at radius 1 is 1.17 bits per heavy atom. The SMILES string of the molecule is CSc1nc(-c2ccc(F)cc2C)c2ccc(=O)n(C(C)C)c2n1. The van der Waals surface area contributed by atoms with Crippen LogP contribution in [0.4, 0.5) is 4.39 Å². The van der Waals surface area contributed by atoms with Gasteiger partial charge >= 0.3 is 0 Å². The molecule has 24 heavy (non-hydrogen) atoms. The quantitative estimate of drug-likeness (QED) is 0.528. The number of hydrogen-bond donors (Lipinski definition) is 0. The fourth-order valence-corrected chi connectivity index (χ4v) is 3.16. The number of pyridine rings is 1. The summed E-state index contributed by atoms with van der Waals surface area (Å²) in [5.41, 5.74) is 2.87. The van der Waals surface area contributed by atoms with Gasteiger partial charge in [-0.25, -0.2) is 14.4 Å². The lowest BCUT2D eigenvalue weighted by Gasteiger charge is -2.16. The number of aryl methyl sites for hydroxylation is 1. The fourth-order valence-electron chi connectivity index (χ4n) is 2.80. The number of hydrogen-bond acceptors (Lipinski definition) is 4. The molecule has 6 heteroatoms. The smallest absolute Gasteiger partial charge is 0.252 e. The van der Waals surface area contributed by atoms with Crippen LogP contribution in [0.25, 0.3) is 22.3 Å². The third-order valence-corrected chi connectivity index (χ3v) is 4.45. The summed E-state index contributed by atoms with van der Waals surface area (Å²) in [5, 5.41) is 1.37. The van der Waals surface area contributed by atoms with Crippen molar-refractivity contribution in [3.05, 3.63) is 52.1 Å². The summed E-state index contributed by atoms with van der Waals surface area (Å²) in [6.07, 6.45) is 1.89. The summed E-state index contributed by atoms with van der Waals surface area (Å²) in [6.45, 7) is 5.75. The molecule has 124 valence electrons. The van der Waals surface area contributed by atoms with E-state index in [0.29, 0.717) is 10.8 Å². The van der Waals surface area contributed by atoms with Gasteiger partial charge in [0.1, 0.15) is 11.5 Å². The zero-order chi connectivity index (χ0) is 17.4. The van der Waals surface area contributed by atoms with Gasteiger partial charge < -0.3 is 0 Å². The van der Waals surface area contributed by atoms with Gasteiger partial charge in [0.25, 0.3) is 5.56 Å². The summed E-state index contributed by atoms with van der Waals surface area (Å²) in [5.74, 6) is -0.279. The Balaban J connectivity index is 2.44. The van der Waals surface area contributed by atoms with Crippen LogP contribution < -0.4 is 5.56 Å². The van der Waals surface area contributed by atoms with Gasteiger partial charge in [-0.05, 0) is 56.9 Å². The van der Waals surface area contributed by atoms with Gasteiger partial charge in [-0.2, -0.15) is 0 Å². The fraction of sp³-hybridized carbons (Fsp3) is 0.278. The average molecular weight is 343 g/mol. The van der Waals surface area contributed by atoms with E-state index < -0.39 is 0 Å². The van der Waals surface area contributed by atoms with Gasteiger partial charge in [-0.1, -0.05) is 11.8 Å². The average Bonchev–Trinajstić information content (AvgIpc) is 2.53. The molecular weight excluding hydrogens is 325 g/mol. The Morgan fingerprint density at radius 2 is 1.92 bits per heavy atom. The standard InChI is InChI=1S/C18H18FN3OS/c1-10(2)22-15(23)8-7-14-16(20-18(24-4)21-17(14)22)13-6-5-12(19)9-11(13)3/h5-10H,1-4H3. The van der Waals surface area contributed by atoms with E-state index in [-0.39, 0.29) is 17.4 Å². The lowest BCUT2D eigenvalue weighted by Crippen LogP contribution is -2.22. The van der Waals surface area contributed by atoms with E-state index in [9.17, 15) is 9.18 Å². The van der Waals surface area contributed by atoms with Gasteiger partial charge in [0.2, 0.25) is 0 Å². The van der Waals surface area contributed by atoms with Crippen LogP contribution in [0.1, 0.15) is 25.5 Å². The molecule has 3 aromatic rings. The van der Waals surface area contributed by atoms with Crippen molar-refractivity contribution in [1.82, 2.24) is 14.5 Å². The molecule has 0 amide bonds. The van der Waals surface area contributed by atoms with Gasteiger partial charge in [-0.15, -0.1) is 0 Å². The minimum atomic E-state index is -0.279. The largest absolute Gasteiger partial charge is 0.290 e. The Morgan fingerprint density at radius 3 is 2.54 bits per heavy atom. The molecule has 0 N–H and O–H groups in total. The van der Waals surface area contributed by atoms with Crippen LogP contribution in [-0.4, -0.2) is 20.8 Å². The van der Waals surface area contributed by atoms with Crippen molar-refractivity contribution in [2.45, 2.75) is 32.0 Å². The first-order valence-electron chi connectivity index (χ1n) is 7.66. The number of nitrogens with zero attached hydrogens (tertiary/aromatic N) is 3. The third kappa shape index (κ3) is 2.82. The van der Waals surface area contributed by atoms with Crippen molar-refractivity contribution in [1.29, 1.82) is 0 Å². The molecule has 0 saturated carbocycles. The first-order chi connectivity index (χ1) is 11.4. The molecule has 0 spiro atoms. The molecule has 0 radical (unpaired) electrons. The maximum Gasteiger partial charge on any atom is 0.252 e. The molecule has 0 aliphatic rings. The first kappa shape index (κ1) is 16.6. The lowest BCUT2D eigenvalue weighted by molar-refractivity contribution is 0.593. The van der Waals surface area contributed by atoms with Gasteiger partial charge in [0.05, 0.1) is 5.69 Å². The molecule has 1 aromatic carbocycles. The molecule has 2 aromatic heterocycles. The highest BCUT2D eigenvalue weighted by Gasteiger charge is 2.16. The highest BCUT2D eigenvalue weighted by molar-refractivity contribution is 7.98. The predicted octanol–water partition coefficient (Wildman–Crippen LogP) is 4.21. The molecule has 3 rings (SSSR count). The van der Waals surface area contributed by atoms with Gasteiger partial charge in [0.15, 0.2) is 5.16 Å². The van der Waals surface area contributed by atoms with Crippen LogP contribution in [-0.2, 0) is 0 Å². The zero-order valence-electron chi connectivity index (χ0n) is 14.0. The van der Waals surface area contributed by atoms with Crippen molar-refractivity contribution in [3.63, 3.8) is 0 Å². The monoisotopic (exact) mass is 343 g/mol. The summed E-state index contributed by atoms with van der Waals surface area (Å²) < 4.78 is 15.1. The Kier molecular flexibility index (Phi) is 4.41. The van der Waals surface area contributed by atoms with E-state index in [0.717, 1.165) is 22.2 Å². The van der Waals surface area contributed by atoms with Crippen molar-refractivity contribution in [3.8, 4) is 11.3 Å². The van der Waals surface area contributed by atoms with Crippen LogP contribution in [0.15, 0.2) is 40.3 Å². The van der Waals surface area contributed by atoms with Crippen LogP contribution in [0.3, 0.4) is 0 Å². The lowest BCUT2D eigenvalue weighted by atomic mass is 10.0. The number of benzene rings is 1. The Hall–Kier alpha value is -2.21. The molecule has 0 aliphatic carbocycles. The van der Waals surface area contributed by atoms with E-state index in [1.165, 1.54) is 30.0 Å². The van der Waals surface area contributed by atoms with E-state index in [1.54, 1.807) is 16.7 Å². The molecule has 0 aliphatic heterocycles. The summed E-state index contributed by atoms with van der Waals surface area (Å²) in [4.78, 5) is 21.5. The topological polar surface area (TPSA) is 47.8 Å². The van der Waals surface area contributed by atoms with Crippen molar-refractivity contribution in [2.75, 3.05) is 6.26 Å². The van der Waals surface area contributed by atoms with Crippen molar-refractivity contribution in [2.24, 2.45) is 0 Å². The summed E-state index contributed by atoms with van der Waals surface area (Å²) in [6, 6.07) is 7.90. The normalized spacial score (nSPS) is 11.4. The molecule has 0 unspecified atom stereocenters. The first-order valence-corrected chi connectivity index (χ1v) is 8.88. The Labute approximate surface area is 143 Å². The van der Waals surface area contributed by atoms with E-state index in [4.69, 9.17) is 0 Å². The molecule has 0 saturated heterocycles. The van der Waals surface area contributed by atoms with Crippen molar-refractivity contribution < 1.29 is 4.39 Å². The molecule has 0 fully saturated rings. The zero-order valence-corrected chi connectivity index (χ0v) is 14.8. The minimum absolute atomic E-state index is 0.0204. The number of fused-ring (bicyclic) bond motifs is 1. The third-order valence-electron chi connectivity index (χ3n) is 3.91. The highest BCUT2D eigenvalue weighted by Crippen LogP contribution is 2.30.